The van der Waals surface area contributed by atoms with Crippen LogP contribution in [-0.2, 0) is 0 Å². The molecule has 0 fully saturated rings. The molecule has 0 aliphatic rings. The Morgan fingerprint density at radius 2 is 1.21 bits per heavy atom. The Kier molecular flexibility index (Phi) is 4.61. The number of hydrogen-bond donors (Lipinski definition) is 2. The molecule has 1 atom stereocenters. The van der Waals surface area contributed by atoms with Crippen molar-refractivity contribution in [3.05, 3.63) is 0 Å². The molecule has 6 heteroatoms. The van der Waals surface area contributed by atoms with E-state index in [0.29, 0.717) is 0 Å². The van der Waals surface area contributed by atoms with Crippen molar-refractivity contribution in [2.75, 3.05) is 0 Å². The van der Waals surface area contributed by atoms with Crippen molar-refractivity contribution in [1.82, 2.24) is 4.23 Å². The average molecular weight is 233 g/mol. The Balaban J connectivity index is 4.94. The Morgan fingerprint density at radius 3 is 1.29 bits per heavy atom. The standard InChI is InChI=1S/C8H24BNO2Si2/c1-8(9(11)12)10(13(2,3)4)14(5,6)7/h8,11-12H,1-7H3/t8-/m0/s1. The minimum atomic E-state index is -1.47. The van der Waals surface area contributed by atoms with E-state index in [4.69, 9.17) is 0 Å². The van der Waals surface area contributed by atoms with Crippen molar-refractivity contribution in [3.63, 3.8) is 0 Å². The van der Waals surface area contributed by atoms with Gasteiger partial charge in [0.1, 0.15) is 16.5 Å². The van der Waals surface area contributed by atoms with Crippen LogP contribution < -0.4 is 0 Å². The van der Waals surface area contributed by atoms with Crippen molar-refractivity contribution >= 4 is 23.6 Å². The molecule has 0 spiro atoms. The van der Waals surface area contributed by atoms with Gasteiger partial charge in [0.05, 0.1) is 0 Å². The molecule has 0 heterocycles. The van der Waals surface area contributed by atoms with E-state index in [1.54, 1.807) is 0 Å². The molecule has 0 rings (SSSR count). The van der Waals surface area contributed by atoms with Crippen LogP contribution in [0.15, 0.2) is 0 Å². The van der Waals surface area contributed by atoms with Crippen molar-refractivity contribution in [2.24, 2.45) is 0 Å². The van der Waals surface area contributed by atoms with Gasteiger partial charge in [0.15, 0.2) is 0 Å². The summed E-state index contributed by atoms with van der Waals surface area (Å²) in [6.45, 7) is 15.4. The molecule has 0 amide bonds. The maximum atomic E-state index is 9.28. The van der Waals surface area contributed by atoms with Crippen molar-refractivity contribution in [3.8, 4) is 0 Å². The van der Waals surface area contributed by atoms with E-state index in [1.807, 2.05) is 6.92 Å². The molecular formula is C8H24BNO2Si2. The maximum Gasteiger partial charge on any atom is 0.468 e. The second-order valence-corrected chi connectivity index (χ2v) is 16.0. The summed E-state index contributed by atoms with van der Waals surface area (Å²) < 4.78 is 2.39. The first-order valence-corrected chi connectivity index (χ1v) is 12.0. The summed E-state index contributed by atoms with van der Waals surface area (Å²) in [5.41, 5.74) is 0. The topological polar surface area (TPSA) is 43.7 Å². The Morgan fingerprint density at radius 1 is 0.929 bits per heavy atom. The van der Waals surface area contributed by atoms with Crippen LogP contribution in [0.5, 0.6) is 0 Å². The molecule has 0 aromatic carbocycles. The van der Waals surface area contributed by atoms with E-state index < -0.39 is 23.6 Å². The molecule has 0 aliphatic heterocycles. The van der Waals surface area contributed by atoms with Crippen molar-refractivity contribution in [2.45, 2.75) is 52.1 Å². The molecule has 0 aliphatic carbocycles. The van der Waals surface area contributed by atoms with Gasteiger partial charge < -0.3 is 14.3 Å². The Bertz CT molecular complexity index is 175. The van der Waals surface area contributed by atoms with Gasteiger partial charge in [-0.05, 0) is 0 Å². The second kappa shape index (κ2) is 4.49. The van der Waals surface area contributed by atoms with Crippen molar-refractivity contribution < 1.29 is 10.0 Å². The summed E-state index contributed by atoms with van der Waals surface area (Å²) in [5, 5.41) is 18.6. The molecule has 0 unspecified atom stereocenters. The van der Waals surface area contributed by atoms with Gasteiger partial charge in [-0.15, -0.1) is 0 Å². The fourth-order valence-corrected chi connectivity index (χ4v) is 13.1. The highest BCUT2D eigenvalue weighted by Gasteiger charge is 2.41. The summed E-state index contributed by atoms with van der Waals surface area (Å²) in [6, 6.07) is 0. The van der Waals surface area contributed by atoms with Gasteiger partial charge in [0.2, 0.25) is 0 Å². The molecule has 84 valence electrons. The van der Waals surface area contributed by atoms with Gasteiger partial charge in [-0.3, -0.25) is 0 Å². The first-order chi connectivity index (χ1) is 5.98. The van der Waals surface area contributed by atoms with Crippen LogP contribution in [0.3, 0.4) is 0 Å². The van der Waals surface area contributed by atoms with Gasteiger partial charge in [0, 0.05) is 5.94 Å². The third-order valence-corrected chi connectivity index (χ3v) is 10.0. The van der Waals surface area contributed by atoms with Crippen LogP contribution in [-0.4, -0.2) is 43.8 Å². The Hall–Kier alpha value is 0.379. The number of rotatable bonds is 4. The first-order valence-electron chi connectivity index (χ1n) is 5.13. The highest BCUT2D eigenvalue weighted by Crippen LogP contribution is 2.23. The minimum Gasteiger partial charge on any atom is -0.426 e. The van der Waals surface area contributed by atoms with E-state index in [2.05, 4.69) is 43.5 Å². The monoisotopic (exact) mass is 233 g/mol. The lowest BCUT2D eigenvalue weighted by Gasteiger charge is -2.47. The number of hydrogen-bond acceptors (Lipinski definition) is 3. The lowest BCUT2D eigenvalue weighted by molar-refractivity contribution is 0.358. The second-order valence-electron chi connectivity index (χ2n) is 5.87. The van der Waals surface area contributed by atoms with Gasteiger partial charge >= 0.3 is 7.12 Å². The SMILES string of the molecule is C[C@@H](B(O)O)N([Si](C)(C)C)[Si](C)(C)C. The van der Waals surface area contributed by atoms with Gasteiger partial charge in [-0.2, -0.15) is 0 Å². The lowest BCUT2D eigenvalue weighted by atomic mass is 9.82. The van der Waals surface area contributed by atoms with Crippen LogP contribution in [0.4, 0.5) is 0 Å². The maximum absolute atomic E-state index is 9.28. The molecule has 3 nitrogen and oxygen atoms in total. The zero-order valence-electron chi connectivity index (χ0n) is 10.5. The third-order valence-electron chi connectivity index (χ3n) is 2.28. The molecule has 0 bridgehead atoms. The van der Waals surface area contributed by atoms with Gasteiger partial charge in [0.25, 0.3) is 0 Å². The molecule has 0 aromatic rings. The van der Waals surface area contributed by atoms with Crippen LogP contribution in [0.25, 0.3) is 0 Å². The first kappa shape index (κ1) is 14.4. The lowest BCUT2D eigenvalue weighted by Crippen LogP contribution is -2.66. The summed E-state index contributed by atoms with van der Waals surface area (Å²) in [6.07, 6.45) is 0. The minimum absolute atomic E-state index is 0.145. The van der Waals surface area contributed by atoms with Crippen molar-refractivity contribution in [1.29, 1.82) is 0 Å². The zero-order valence-corrected chi connectivity index (χ0v) is 12.5. The average Bonchev–Trinajstić information content (AvgIpc) is 1.79. The fourth-order valence-electron chi connectivity index (χ4n) is 2.36. The normalized spacial score (nSPS) is 15.9. The molecule has 0 aromatic heterocycles. The zero-order chi connectivity index (χ0) is 11.7. The fraction of sp³-hybridized carbons (Fsp3) is 1.00. The highest BCUT2D eigenvalue weighted by molar-refractivity contribution is 6.90. The van der Waals surface area contributed by atoms with E-state index in [1.165, 1.54) is 0 Å². The molecular weight excluding hydrogens is 209 g/mol. The predicted molar refractivity (Wildman–Crippen MR) is 68.2 cm³/mol. The molecule has 2 N–H and O–H groups in total. The Labute approximate surface area is 90.5 Å². The summed E-state index contributed by atoms with van der Waals surface area (Å²) in [4.78, 5) is 0. The van der Waals surface area contributed by atoms with Gasteiger partial charge in [-0.1, -0.05) is 46.2 Å². The van der Waals surface area contributed by atoms with E-state index in [9.17, 15) is 10.0 Å². The largest absolute Gasteiger partial charge is 0.468 e. The van der Waals surface area contributed by atoms with Crippen LogP contribution >= 0.6 is 0 Å². The van der Waals surface area contributed by atoms with Crippen LogP contribution in [0, 0.1) is 0 Å². The van der Waals surface area contributed by atoms with Gasteiger partial charge in [-0.25, -0.2) is 0 Å². The van der Waals surface area contributed by atoms with E-state index in [-0.39, 0.29) is 5.94 Å². The number of nitrogens with zero attached hydrogens (tertiary/aromatic N) is 1. The van der Waals surface area contributed by atoms with E-state index >= 15 is 0 Å². The molecule has 14 heavy (non-hydrogen) atoms. The summed E-state index contributed by atoms with van der Waals surface area (Å²) in [7, 11) is -4.17. The van der Waals surface area contributed by atoms with E-state index in [0.717, 1.165) is 0 Å². The van der Waals surface area contributed by atoms with Crippen LogP contribution in [0.1, 0.15) is 6.92 Å². The quantitative estimate of drug-likeness (QED) is 0.720. The summed E-state index contributed by atoms with van der Waals surface area (Å²) in [5.74, 6) is -0.145. The highest BCUT2D eigenvalue weighted by atomic mass is 28.4. The molecule has 0 radical (unpaired) electrons. The molecule has 0 saturated carbocycles. The predicted octanol–water partition coefficient (Wildman–Crippen LogP) is 1.36. The molecule has 0 saturated heterocycles. The smallest absolute Gasteiger partial charge is 0.426 e. The van der Waals surface area contributed by atoms with Crippen LogP contribution in [0.2, 0.25) is 39.3 Å². The third kappa shape index (κ3) is 3.86. The summed E-state index contributed by atoms with van der Waals surface area (Å²) >= 11 is 0.